The Morgan fingerprint density at radius 3 is 2.55 bits per heavy atom. The summed E-state index contributed by atoms with van der Waals surface area (Å²) in [4.78, 5) is 17.9. The number of para-hydroxylation sites is 1. The van der Waals surface area contributed by atoms with Crippen LogP contribution in [0.4, 0.5) is 13.2 Å². The van der Waals surface area contributed by atoms with Crippen molar-refractivity contribution in [2.75, 3.05) is 0 Å². The van der Waals surface area contributed by atoms with Gasteiger partial charge >= 0.3 is 6.18 Å². The first-order chi connectivity index (χ1) is 19.1. The zero-order valence-electron chi connectivity index (χ0n) is 20.9. The lowest BCUT2D eigenvalue weighted by Gasteiger charge is -2.13. The van der Waals surface area contributed by atoms with E-state index in [-0.39, 0.29) is 16.8 Å². The van der Waals surface area contributed by atoms with Crippen LogP contribution in [-0.4, -0.2) is 15.9 Å². The maximum atomic E-state index is 13.4. The van der Waals surface area contributed by atoms with Crippen molar-refractivity contribution < 1.29 is 17.9 Å². The lowest BCUT2D eigenvalue weighted by molar-refractivity contribution is -0.137. The summed E-state index contributed by atoms with van der Waals surface area (Å²) in [6.45, 7) is 2.31. The molecule has 5 rings (SSSR count). The van der Waals surface area contributed by atoms with Gasteiger partial charge in [0.25, 0.3) is 5.56 Å². The third kappa shape index (κ3) is 5.95. The fourth-order valence-corrected chi connectivity index (χ4v) is 5.11. The molecule has 1 heterocycles. The minimum atomic E-state index is -4.56. The van der Waals surface area contributed by atoms with Gasteiger partial charge in [0.1, 0.15) is 6.61 Å². The second kappa shape index (κ2) is 11.3. The van der Waals surface area contributed by atoms with Gasteiger partial charge in [-0.05, 0) is 70.4 Å². The quantitative estimate of drug-likeness (QED) is 0.178. The number of alkyl halides is 3. The number of hydrogen-bond donors (Lipinski definition) is 0. The van der Waals surface area contributed by atoms with Crippen LogP contribution >= 0.6 is 27.5 Å². The van der Waals surface area contributed by atoms with Crippen LogP contribution in [0.2, 0.25) is 5.02 Å². The molecule has 0 atom stereocenters. The SMILES string of the molecule is Cc1cccc(COc2c(Cl)cc(C=Nn3c(-c4cccc(C(F)(F)F)c4)nc4ccccc4c3=O)cc2Br)c1. The van der Waals surface area contributed by atoms with Crippen molar-refractivity contribution in [1.82, 2.24) is 9.66 Å². The number of nitrogens with zero attached hydrogens (tertiary/aromatic N) is 3. The molecule has 40 heavy (non-hydrogen) atoms. The van der Waals surface area contributed by atoms with Crippen LogP contribution in [-0.2, 0) is 12.8 Å². The predicted octanol–water partition coefficient (Wildman–Crippen LogP) is 8.27. The topological polar surface area (TPSA) is 56.5 Å². The van der Waals surface area contributed by atoms with Crippen molar-refractivity contribution >= 4 is 44.6 Å². The Hall–Kier alpha value is -3.95. The lowest BCUT2D eigenvalue weighted by atomic mass is 10.1. The minimum absolute atomic E-state index is 0.0330. The van der Waals surface area contributed by atoms with Crippen LogP contribution in [0, 0.1) is 6.92 Å². The molecule has 0 saturated heterocycles. The van der Waals surface area contributed by atoms with E-state index < -0.39 is 17.3 Å². The zero-order chi connectivity index (χ0) is 28.4. The van der Waals surface area contributed by atoms with Gasteiger partial charge in [-0.15, -0.1) is 0 Å². The summed E-state index contributed by atoms with van der Waals surface area (Å²) in [5, 5.41) is 4.91. The highest BCUT2D eigenvalue weighted by atomic mass is 79.9. The van der Waals surface area contributed by atoms with Gasteiger partial charge in [-0.2, -0.15) is 22.9 Å². The molecule has 0 aliphatic carbocycles. The van der Waals surface area contributed by atoms with E-state index in [0.29, 0.717) is 32.9 Å². The van der Waals surface area contributed by atoms with Gasteiger partial charge in [0.15, 0.2) is 11.6 Å². The summed E-state index contributed by atoms with van der Waals surface area (Å²) in [7, 11) is 0. The molecule has 0 aliphatic rings. The molecule has 0 saturated carbocycles. The molecule has 0 bridgehead atoms. The van der Waals surface area contributed by atoms with E-state index in [1.807, 2.05) is 31.2 Å². The van der Waals surface area contributed by atoms with Crippen molar-refractivity contribution in [1.29, 1.82) is 0 Å². The van der Waals surface area contributed by atoms with Gasteiger partial charge in [-0.1, -0.05) is 65.7 Å². The van der Waals surface area contributed by atoms with E-state index in [9.17, 15) is 18.0 Å². The maximum absolute atomic E-state index is 13.4. The third-order valence-corrected chi connectivity index (χ3v) is 6.88. The summed E-state index contributed by atoms with van der Waals surface area (Å²) in [5.41, 5.74) is 1.66. The van der Waals surface area contributed by atoms with Crippen LogP contribution in [0.3, 0.4) is 0 Å². The molecular weight excluding hydrogens is 607 g/mol. The van der Waals surface area contributed by atoms with Crippen molar-refractivity contribution in [3.63, 3.8) is 0 Å². The number of halogens is 5. The first-order valence-corrected chi connectivity index (χ1v) is 13.2. The van der Waals surface area contributed by atoms with Gasteiger partial charge < -0.3 is 4.74 Å². The van der Waals surface area contributed by atoms with Gasteiger partial charge in [0.05, 0.1) is 32.2 Å². The average Bonchev–Trinajstić information content (AvgIpc) is 2.92. The average molecular weight is 627 g/mol. The maximum Gasteiger partial charge on any atom is 0.416 e. The monoisotopic (exact) mass is 625 g/mol. The number of rotatable bonds is 6. The fourth-order valence-electron chi connectivity index (χ4n) is 4.13. The summed E-state index contributed by atoms with van der Waals surface area (Å²) >= 11 is 9.98. The van der Waals surface area contributed by atoms with Crippen molar-refractivity contribution in [2.45, 2.75) is 19.7 Å². The van der Waals surface area contributed by atoms with Crippen molar-refractivity contribution in [3.05, 3.63) is 127 Å². The second-order valence-corrected chi connectivity index (χ2v) is 10.2. The Morgan fingerprint density at radius 2 is 1.80 bits per heavy atom. The third-order valence-electron chi connectivity index (χ3n) is 6.01. The number of benzene rings is 4. The molecule has 5 nitrogen and oxygen atoms in total. The van der Waals surface area contributed by atoms with E-state index in [1.165, 1.54) is 18.3 Å². The number of fused-ring (bicyclic) bond motifs is 1. The normalized spacial score (nSPS) is 11.8. The molecule has 0 unspecified atom stereocenters. The van der Waals surface area contributed by atoms with Crippen molar-refractivity contribution in [2.24, 2.45) is 5.10 Å². The molecule has 0 spiro atoms. The highest BCUT2D eigenvalue weighted by Gasteiger charge is 2.31. The molecule has 1 aromatic heterocycles. The van der Waals surface area contributed by atoms with Crippen LogP contribution in [0.15, 0.2) is 99.3 Å². The van der Waals surface area contributed by atoms with Crippen molar-refractivity contribution in [3.8, 4) is 17.1 Å². The second-order valence-electron chi connectivity index (χ2n) is 8.98. The summed E-state index contributed by atoms with van der Waals surface area (Å²) in [6, 6.07) is 22.4. The lowest BCUT2D eigenvalue weighted by Crippen LogP contribution is -2.20. The molecule has 0 fully saturated rings. The first kappa shape index (κ1) is 27.6. The summed E-state index contributed by atoms with van der Waals surface area (Å²) in [5.74, 6) is 0.406. The Balaban J connectivity index is 1.53. The standard InChI is InChI=1S/C30H20BrClF3N3O2/c1-18-6-4-7-19(12-18)17-40-27-24(31)13-20(14-25(27)32)16-36-38-28(21-8-5-9-22(15-21)30(33,34)35)37-26-11-3-2-10-23(26)29(38)39/h2-16H,17H2,1H3. The Morgan fingerprint density at radius 1 is 1.02 bits per heavy atom. The van der Waals surface area contributed by atoms with Gasteiger partial charge in [0.2, 0.25) is 0 Å². The van der Waals surface area contributed by atoms with Crippen LogP contribution < -0.4 is 10.3 Å². The molecule has 0 radical (unpaired) electrons. The first-order valence-electron chi connectivity index (χ1n) is 12.0. The van der Waals surface area contributed by atoms with E-state index in [4.69, 9.17) is 16.3 Å². The molecule has 4 aromatic carbocycles. The molecular formula is C30H20BrClF3N3O2. The molecule has 5 aromatic rings. The molecule has 0 aliphatic heterocycles. The highest BCUT2D eigenvalue weighted by molar-refractivity contribution is 9.10. The molecule has 10 heteroatoms. The van der Waals surface area contributed by atoms with Crippen LogP contribution in [0.5, 0.6) is 5.75 Å². The van der Waals surface area contributed by atoms with Gasteiger partial charge in [-0.25, -0.2) is 4.98 Å². The van der Waals surface area contributed by atoms with E-state index in [1.54, 1.807) is 36.4 Å². The number of hydrogen-bond acceptors (Lipinski definition) is 4. The van der Waals surface area contributed by atoms with E-state index in [0.717, 1.165) is 27.9 Å². The number of aromatic nitrogens is 2. The van der Waals surface area contributed by atoms with Gasteiger partial charge in [0, 0.05) is 5.56 Å². The van der Waals surface area contributed by atoms with E-state index in [2.05, 4.69) is 26.0 Å². The fraction of sp³-hybridized carbons (Fsp3) is 0.100. The van der Waals surface area contributed by atoms with Gasteiger partial charge in [-0.3, -0.25) is 4.79 Å². The summed E-state index contributed by atoms with van der Waals surface area (Å²) in [6.07, 6.45) is -3.18. The summed E-state index contributed by atoms with van der Waals surface area (Å²) < 4.78 is 47.7. The largest absolute Gasteiger partial charge is 0.486 e. The van der Waals surface area contributed by atoms with Crippen LogP contribution in [0.25, 0.3) is 22.3 Å². The minimum Gasteiger partial charge on any atom is -0.486 e. The van der Waals surface area contributed by atoms with E-state index >= 15 is 0 Å². The Labute approximate surface area is 240 Å². The molecule has 202 valence electrons. The Kier molecular flexibility index (Phi) is 7.78. The number of aryl methyl sites for hydroxylation is 1. The predicted molar refractivity (Wildman–Crippen MR) is 154 cm³/mol. The highest BCUT2D eigenvalue weighted by Crippen LogP contribution is 2.35. The van der Waals surface area contributed by atoms with Crippen LogP contribution in [0.1, 0.15) is 22.3 Å². The molecule has 0 amide bonds. The zero-order valence-corrected chi connectivity index (χ0v) is 23.3. The Bertz CT molecular complexity index is 1800. The smallest absolute Gasteiger partial charge is 0.416 e. The number of ether oxygens (including phenoxy) is 1. The molecule has 0 N–H and O–H groups in total.